The number of sulfone groups is 1. The van der Waals surface area contributed by atoms with Gasteiger partial charge in [0.15, 0.2) is 9.84 Å². The molecule has 1 heterocycles. The van der Waals surface area contributed by atoms with Gasteiger partial charge in [0.1, 0.15) is 6.10 Å². The highest BCUT2D eigenvalue weighted by atomic mass is 32.2. The number of hydrogen-bond acceptors (Lipinski definition) is 4. The molecule has 0 aliphatic heterocycles. The number of aliphatic hydroxyl groups is 1. The first-order valence-electron chi connectivity index (χ1n) is 5.78. The van der Waals surface area contributed by atoms with Crippen molar-refractivity contribution in [3.05, 3.63) is 59.4 Å². The Hall–Kier alpha value is -1.72. The van der Waals surface area contributed by atoms with Crippen LogP contribution in [0.1, 0.15) is 22.8 Å². The molecule has 0 saturated carbocycles. The van der Waals surface area contributed by atoms with E-state index in [9.17, 15) is 13.5 Å². The lowest BCUT2D eigenvalue weighted by Gasteiger charge is -2.14. The lowest BCUT2D eigenvalue weighted by molar-refractivity contribution is 0.219. The summed E-state index contributed by atoms with van der Waals surface area (Å²) < 4.78 is 23.0. The van der Waals surface area contributed by atoms with Crippen LogP contribution in [-0.4, -0.2) is 24.8 Å². The zero-order valence-electron chi connectivity index (χ0n) is 10.7. The number of nitrogens with zero attached hydrogens (tertiary/aromatic N) is 1. The van der Waals surface area contributed by atoms with Crippen LogP contribution in [0.15, 0.2) is 47.6 Å². The average Bonchev–Trinajstić information content (AvgIpc) is 2.38. The summed E-state index contributed by atoms with van der Waals surface area (Å²) in [5, 5.41) is 10.3. The number of aliphatic hydroxyl groups excluding tert-OH is 1. The van der Waals surface area contributed by atoms with Gasteiger partial charge in [-0.15, -0.1) is 0 Å². The van der Waals surface area contributed by atoms with E-state index in [1.165, 1.54) is 12.1 Å². The van der Waals surface area contributed by atoms with Crippen LogP contribution in [0.4, 0.5) is 0 Å². The van der Waals surface area contributed by atoms with Crippen LogP contribution in [0.3, 0.4) is 0 Å². The molecule has 2 aromatic rings. The molecule has 1 aromatic carbocycles. The molecule has 0 aliphatic carbocycles. The molecular formula is C14H15NO3S. The van der Waals surface area contributed by atoms with E-state index in [1.54, 1.807) is 30.6 Å². The van der Waals surface area contributed by atoms with Crippen LogP contribution in [0, 0.1) is 6.92 Å². The number of aryl methyl sites for hydroxylation is 1. The summed E-state index contributed by atoms with van der Waals surface area (Å²) in [5.74, 6) is 0. The molecule has 0 fully saturated rings. The molecule has 2 rings (SSSR count). The van der Waals surface area contributed by atoms with Gasteiger partial charge in [-0.25, -0.2) is 8.42 Å². The first kappa shape index (κ1) is 13.7. The highest BCUT2D eigenvalue weighted by Crippen LogP contribution is 2.25. The maximum Gasteiger partial charge on any atom is 0.175 e. The van der Waals surface area contributed by atoms with Gasteiger partial charge < -0.3 is 5.11 Å². The van der Waals surface area contributed by atoms with E-state index in [0.29, 0.717) is 11.1 Å². The van der Waals surface area contributed by atoms with Crippen molar-refractivity contribution in [2.45, 2.75) is 17.9 Å². The summed E-state index contributed by atoms with van der Waals surface area (Å²) >= 11 is 0. The molecule has 1 N–H and O–H groups in total. The second-order valence-corrected chi connectivity index (χ2v) is 6.50. The molecule has 0 saturated heterocycles. The van der Waals surface area contributed by atoms with Gasteiger partial charge in [0.05, 0.1) is 4.90 Å². The topological polar surface area (TPSA) is 67.3 Å². The summed E-state index contributed by atoms with van der Waals surface area (Å²) in [4.78, 5) is 4.18. The Kier molecular flexibility index (Phi) is 3.68. The van der Waals surface area contributed by atoms with Crippen molar-refractivity contribution in [3.63, 3.8) is 0 Å². The van der Waals surface area contributed by atoms with E-state index in [2.05, 4.69) is 4.98 Å². The SMILES string of the molecule is Cc1ccncc1C(O)c1cccc(S(C)(=O)=O)c1. The zero-order chi connectivity index (χ0) is 14.0. The molecular weight excluding hydrogens is 262 g/mol. The van der Waals surface area contributed by atoms with Gasteiger partial charge in [-0.1, -0.05) is 12.1 Å². The van der Waals surface area contributed by atoms with Gasteiger partial charge in [-0.05, 0) is 36.2 Å². The fourth-order valence-corrected chi connectivity index (χ4v) is 2.53. The van der Waals surface area contributed by atoms with Crippen molar-refractivity contribution >= 4 is 9.84 Å². The van der Waals surface area contributed by atoms with E-state index >= 15 is 0 Å². The van der Waals surface area contributed by atoms with Crippen molar-refractivity contribution in [2.24, 2.45) is 0 Å². The van der Waals surface area contributed by atoms with E-state index in [0.717, 1.165) is 11.8 Å². The zero-order valence-corrected chi connectivity index (χ0v) is 11.6. The standard InChI is InChI=1S/C14H15NO3S/c1-10-6-7-15-9-13(10)14(16)11-4-3-5-12(8-11)19(2,17)18/h3-9,14,16H,1-2H3. The third-order valence-electron chi connectivity index (χ3n) is 2.98. The van der Waals surface area contributed by atoms with Gasteiger partial charge in [-0.2, -0.15) is 0 Å². The van der Waals surface area contributed by atoms with E-state index in [1.807, 2.05) is 6.92 Å². The third kappa shape index (κ3) is 3.00. The molecule has 0 amide bonds. The van der Waals surface area contributed by atoms with Crippen molar-refractivity contribution in [1.29, 1.82) is 0 Å². The molecule has 19 heavy (non-hydrogen) atoms. The predicted octanol–water partition coefficient (Wildman–Crippen LogP) is 1.88. The van der Waals surface area contributed by atoms with Crippen LogP contribution in [0.5, 0.6) is 0 Å². The normalized spacial score (nSPS) is 13.2. The second-order valence-electron chi connectivity index (χ2n) is 4.48. The van der Waals surface area contributed by atoms with Gasteiger partial charge in [0, 0.05) is 24.2 Å². The molecule has 1 atom stereocenters. The molecule has 1 aromatic heterocycles. The van der Waals surface area contributed by atoms with Gasteiger partial charge in [-0.3, -0.25) is 4.98 Å². The van der Waals surface area contributed by atoms with Crippen molar-refractivity contribution in [1.82, 2.24) is 4.98 Å². The summed E-state index contributed by atoms with van der Waals surface area (Å²) in [6, 6.07) is 8.14. The lowest BCUT2D eigenvalue weighted by atomic mass is 10.00. The summed E-state index contributed by atoms with van der Waals surface area (Å²) in [5.41, 5.74) is 2.12. The van der Waals surface area contributed by atoms with Gasteiger partial charge in [0.2, 0.25) is 0 Å². The van der Waals surface area contributed by atoms with Crippen LogP contribution in [0.25, 0.3) is 0 Å². The fraction of sp³-hybridized carbons (Fsp3) is 0.214. The molecule has 4 nitrogen and oxygen atoms in total. The maximum absolute atomic E-state index is 11.5. The summed E-state index contributed by atoms with van der Waals surface area (Å²) in [6.07, 6.45) is 3.51. The van der Waals surface area contributed by atoms with Crippen molar-refractivity contribution < 1.29 is 13.5 Å². The Balaban J connectivity index is 2.46. The van der Waals surface area contributed by atoms with Crippen LogP contribution in [-0.2, 0) is 9.84 Å². The summed E-state index contributed by atoms with van der Waals surface area (Å²) in [7, 11) is -3.28. The first-order chi connectivity index (χ1) is 8.89. The highest BCUT2D eigenvalue weighted by Gasteiger charge is 2.15. The molecule has 0 radical (unpaired) electrons. The fourth-order valence-electron chi connectivity index (χ4n) is 1.86. The molecule has 5 heteroatoms. The lowest BCUT2D eigenvalue weighted by Crippen LogP contribution is -2.04. The van der Waals surface area contributed by atoms with E-state index in [4.69, 9.17) is 0 Å². The largest absolute Gasteiger partial charge is 0.384 e. The Bertz CT molecular complexity index is 695. The summed E-state index contributed by atoms with van der Waals surface area (Å²) in [6.45, 7) is 1.88. The minimum absolute atomic E-state index is 0.200. The molecule has 100 valence electrons. The second kappa shape index (κ2) is 5.11. The van der Waals surface area contributed by atoms with Gasteiger partial charge >= 0.3 is 0 Å². The molecule has 0 spiro atoms. The van der Waals surface area contributed by atoms with Crippen LogP contribution in [0.2, 0.25) is 0 Å². The van der Waals surface area contributed by atoms with Crippen molar-refractivity contribution in [2.75, 3.05) is 6.26 Å². The quantitative estimate of drug-likeness (QED) is 0.930. The molecule has 0 aliphatic rings. The minimum Gasteiger partial charge on any atom is -0.384 e. The Labute approximate surface area is 112 Å². The smallest absolute Gasteiger partial charge is 0.175 e. The van der Waals surface area contributed by atoms with E-state index in [-0.39, 0.29) is 4.90 Å². The molecule has 1 unspecified atom stereocenters. The number of benzene rings is 1. The number of pyridine rings is 1. The van der Waals surface area contributed by atoms with Crippen molar-refractivity contribution in [3.8, 4) is 0 Å². The average molecular weight is 277 g/mol. The highest BCUT2D eigenvalue weighted by molar-refractivity contribution is 7.90. The minimum atomic E-state index is -3.28. The monoisotopic (exact) mass is 277 g/mol. The van der Waals surface area contributed by atoms with Crippen LogP contribution >= 0.6 is 0 Å². The Morgan fingerprint density at radius 2 is 2.00 bits per heavy atom. The number of hydrogen-bond donors (Lipinski definition) is 1. The van der Waals surface area contributed by atoms with Crippen LogP contribution < -0.4 is 0 Å². The van der Waals surface area contributed by atoms with E-state index < -0.39 is 15.9 Å². The Morgan fingerprint density at radius 1 is 1.26 bits per heavy atom. The first-order valence-corrected chi connectivity index (χ1v) is 7.67. The maximum atomic E-state index is 11.5. The van der Waals surface area contributed by atoms with Gasteiger partial charge in [0.25, 0.3) is 0 Å². The predicted molar refractivity (Wildman–Crippen MR) is 72.6 cm³/mol. The Morgan fingerprint density at radius 3 is 2.63 bits per heavy atom. The molecule has 0 bridgehead atoms. The number of rotatable bonds is 3. The number of aromatic nitrogens is 1. The third-order valence-corrected chi connectivity index (χ3v) is 4.09.